The van der Waals surface area contributed by atoms with Crippen LogP contribution in [-0.4, -0.2) is 24.8 Å². The Morgan fingerprint density at radius 1 is 1.06 bits per heavy atom. The van der Waals surface area contributed by atoms with Crippen LogP contribution in [0.25, 0.3) is 0 Å². The summed E-state index contributed by atoms with van der Waals surface area (Å²) in [4.78, 5) is 17.2. The van der Waals surface area contributed by atoms with Crippen molar-refractivity contribution in [2.24, 2.45) is 5.73 Å². The number of hydrogen-bond acceptors (Lipinski definition) is 5. The van der Waals surface area contributed by atoms with Gasteiger partial charge in [-0.1, -0.05) is 36.4 Å². The Kier molecular flexibility index (Phi) is 8.46. The van der Waals surface area contributed by atoms with Crippen LogP contribution in [0.2, 0.25) is 0 Å². The standard InChI is InChI=1S/C22H24N4O3S3/c1-14(27)24-22-26-19(11-8-15-6-9-18(10-7-15)25-21(23)30)20(31-22)12-16-2-4-17(5-3-16)13-32(28)29/h2-7,9-10H,8,11-13H2,1H3,(H,28,29)(H3,23,25,30)(H,24,26,27). The molecule has 1 unspecified atom stereocenters. The third-order valence-electron chi connectivity index (χ3n) is 4.61. The van der Waals surface area contributed by atoms with Gasteiger partial charge in [0, 0.05) is 23.9 Å². The van der Waals surface area contributed by atoms with Gasteiger partial charge < -0.3 is 20.9 Å². The number of nitrogens with zero attached hydrogens (tertiary/aromatic N) is 1. The Morgan fingerprint density at radius 2 is 1.69 bits per heavy atom. The third kappa shape index (κ3) is 7.49. The summed E-state index contributed by atoms with van der Waals surface area (Å²) in [6, 6.07) is 15.5. The van der Waals surface area contributed by atoms with Gasteiger partial charge in [0.1, 0.15) is 0 Å². The topological polar surface area (TPSA) is 117 Å². The zero-order chi connectivity index (χ0) is 23.1. The molecule has 1 atom stereocenters. The predicted molar refractivity (Wildman–Crippen MR) is 134 cm³/mol. The number of thiazole rings is 1. The van der Waals surface area contributed by atoms with Gasteiger partial charge in [-0.25, -0.2) is 9.19 Å². The maximum absolute atomic E-state index is 11.5. The number of hydrogen-bond donors (Lipinski definition) is 4. The van der Waals surface area contributed by atoms with Crippen molar-refractivity contribution < 1.29 is 13.6 Å². The smallest absolute Gasteiger partial charge is 0.223 e. The maximum atomic E-state index is 11.5. The normalized spacial score (nSPS) is 11.7. The van der Waals surface area contributed by atoms with Crippen molar-refractivity contribution in [3.63, 3.8) is 0 Å². The molecule has 1 heterocycles. The Hall–Kier alpha value is -2.66. The van der Waals surface area contributed by atoms with Crippen LogP contribution in [0.3, 0.4) is 0 Å². The monoisotopic (exact) mass is 488 g/mol. The van der Waals surface area contributed by atoms with Crippen LogP contribution in [0.5, 0.6) is 0 Å². The minimum Gasteiger partial charge on any atom is -0.376 e. The van der Waals surface area contributed by atoms with E-state index in [0.29, 0.717) is 11.6 Å². The molecule has 1 aromatic heterocycles. The molecule has 0 aliphatic rings. The highest BCUT2D eigenvalue weighted by Crippen LogP contribution is 2.27. The van der Waals surface area contributed by atoms with E-state index in [1.807, 2.05) is 48.5 Å². The summed E-state index contributed by atoms with van der Waals surface area (Å²) < 4.78 is 20.0. The number of carbonyl (C=O) groups is 1. The van der Waals surface area contributed by atoms with Crippen LogP contribution < -0.4 is 16.4 Å². The van der Waals surface area contributed by atoms with Crippen LogP contribution in [-0.2, 0) is 40.9 Å². The van der Waals surface area contributed by atoms with E-state index in [1.54, 1.807) is 0 Å². The fourth-order valence-electron chi connectivity index (χ4n) is 3.16. The van der Waals surface area contributed by atoms with Crippen molar-refractivity contribution in [3.8, 4) is 0 Å². The molecule has 0 aliphatic heterocycles. The van der Waals surface area contributed by atoms with Gasteiger partial charge in [-0.15, -0.1) is 11.3 Å². The van der Waals surface area contributed by atoms with Gasteiger partial charge in [-0.05, 0) is 53.9 Å². The Bertz CT molecular complexity index is 1110. The molecular weight excluding hydrogens is 464 g/mol. The van der Waals surface area contributed by atoms with Gasteiger partial charge in [-0.3, -0.25) is 4.79 Å². The molecule has 2 aromatic carbocycles. The van der Waals surface area contributed by atoms with Crippen molar-refractivity contribution in [3.05, 3.63) is 75.8 Å². The van der Waals surface area contributed by atoms with E-state index in [9.17, 15) is 9.00 Å². The highest BCUT2D eigenvalue weighted by molar-refractivity contribution is 7.80. The first-order valence-electron chi connectivity index (χ1n) is 9.85. The lowest BCUT2D eigenvalue weighted by atomic mass is 10.0. The molecule has 0 aliphatic carbocycles. The summed E-state index contributed by atoms with van der Waals surface area (Å²) in [5.41, 5.74) is 10.3. The number of thiocarbonyl (C=S) groups is 1. The lowest BCUT2D eigenvalue weighted by Gasteiger charge is -2.07. The highest BCUT2D eigenvalue weighted by atomic mass is 32.2. The molecule has 0 bridgehead atoms. The molecule has 7 nitrogen and oxygen atoms in total. The zero-order valence-electron chi connectivity index (χ0n) is 17.5. The van der Waals surface area contributed by atoms with Crippen LogP contribution in [0.1, 0.15) is 34.2 Å². The second kappa shape index (κ2) is 11.3. The van der Waals surface area contributed by atoms with Gasteiger partial charge in [0.05, 0.1) is 11.4 Å². The summed E-state index contributed by atoms with van der Waals surface area (Å²) in [7, 11) is 0. The number of aryl methyl sites for hydroxylation is 2. The van der Waals surface area contributed by atoms with Gasteiger partial charge in [0.2, 0.25) is 5.91 Å². The van der Waals surface area contributed by atoms with E-state index in [2.05, 4.69) is 15.6 Å². The molecule has 168 valence electrons. The molecule has 3 aromatic rings. The molecule has 1 amide bonds. The number of amides is 1. The van der Waals surface area contributed by atoms with E-state index in [4.69, 9.17) is 22.5 Å². The number of carbonyl (C=O) groups excluding carboxylic acids is 1. The minimum atomic E-state index is -1.86. The first kappa shape index (κ1) is 24.0. The highest BCUT2D eigenvalue weighted by Gasteiger charge is 2.13. The summed E-state index contributed by atoms with van der Waals surface area (Å²) in [5.74, 6) is -0.0384. The quantitative estimate of drug-likeness (QED) is 0.267. The van der Waals surface area contributed by atoms with Crippen molar-refractivity contribution in [1.82, 2.24) is 4.98 Å². The summed E-state index contributed by atoms with van der Waals surface area (Å²) in [6.45, 7) is 1.47. The lowest BCUT2D eigenvalue weighted by molar-refractivity contribution is -0.114. The number of nitrogens with one attached hydrogen (secondary N) is 2. The number of aromatic nitrogens is 1. The van der Waals surface area contributed by atoms with E-state index in [0.717, 1.165) is 45.8 Å². The summed E-state index contributed by atoms with van der Waals surface area (Å²) in [6.07, 6.45) is 2.20. The number of anilines is 2. The number of nitrogens with two attached hydrogens (primary N) is 1. The van der Waals surface area contributed by atoms with Gasteiger partial charge in [-0.2, -0.15) is 0 Å². The van der Waals surface area contributed by atoms with E-state index in [-0.39, 0.29) is 16.8 Å². The molecule has 0 radical (unpaired) electrons. The molecule has 0 spiro atoms. The van der Waals surface area contributed by atoms with Crippen molar-refractivity contribution >= 4 is 56.5 Å². The molecule has 10 heteroatoms. The minimum absolute atomic E-state index is 0.115. The molecule has 0 saturated heterocycles. The molecule has 32 heavy (non-hydrogen) atoms. The molecule has 0 saturated carbocycles. The summed E-state index contributed by atoms with van der Waals surface area (Å²) >= 11 is 4.47. The van der Waals surface area contributed by atoms with Crippen LogP contribution in [0.4, 0.5) is 10.8 Å². The van der Waals surface area contributed by atoms with Crippen molar-refractivity contribution in [1.29, 1.82) is 0 Å². The van der Waals surface area contributed by atoms with Crippen LogP contribution in [0, 0.1) is 0 Å². The van der Waals surface area contributed by atoms with E-state index < -0.39 is 11.1 Å². The predicted octanol–water partition coefficient (Wildman–Crippen LogP) is 3.85. The van der Waals surface area contributed by atoms with Crippen molar-refractivity contribution in [2.45, 2.75) is 31.9 Å². The number of rotatable bonds is 9. The van der Waals surface area contributed by atoms with Crippen molar-refractivity contribution in [2.75, 3.05) is 10.6 Å². The zero-order valence-corrected chi connectivity index (χ0v) is 19.9. The Balaban J connectivity index is 1.73. The Morgan fingerprint density at radius 3 is 2.28 bits per heavy atom. The first-order valence-corrected chi connectivity index (χ1v) is 12.4. The molecule has 0 fully saturated rings. The van der Waals surface area contributed by atoms with Gasteiger partial charge >= 0.3 is 0 Å². The lowest BCUT2D eigenvalue weighted by Crippen LogP contribution is -2.18. The van der Waals surface area contributed by atoms with E-state index >= 15 is 0 Å². The fourth-order valence-corrected chi connectivity index (χ4v) is 4.85. The SMILES string of the molecule is CC(=O)Nc1nc(CCc2ccc(NC(N)=S)cc2)c(Cc2ccc(CS(=O)O)cc2)s1. The van der Waals surface area contributed by atoms with Gasteiger partial charge in [0.15, 0.2) is 21.3 Å². The maximum Gasteiger partial charge on any atom is 0.223 e. The second-order valence-corrected chi connectivity index (χ2v) is 9.67. The van der Waals surface area contributed by atoms with E-state index in [1.165, 1.54) is 18.3 Å². The summed E-state index contributed by atoms with van der Waals surface area (Å²) in [5, 5.41) is 6.50. The van der Waals surface area contributed by atoms with Crippen LogP contribution >= 0.6 is 23.6 Å². The van der Waals surface area contributed by atoms with Gasteiger partial charge in [0.25, 0.3) is 0 Å². The molecular formula is C22H24N4O3S3. The fraction of sp³-hybridized carbons (Fsp3) is 0.227. The Labute approximate surface area is 198 Å². The third-order valence-corrected chi connectivity index (χ3v) is 6.31. The average molecular weight is 489 g/mol. The average Bonchev–Trinajstić information content (AvgIpc) is 3.08. The van der Waals surface area contributed by atoms with Crippen LogP contribution in [0.15, 0.2) is 48.5 Å². The molecule has 3 rings (SSSR count). The second-order valence-electron chi connectivity index (χ2n) is 7.22. The first-order chi connectivity index (χ1) is 15.3. The largest absolute Gasteiger partial charge is 0.376 e. The molecule has 5 N–H and O–H groups in total. The number of benzene rings is 2.